The highest BCUT2D eigenvalue weighted by Crippen LogP contribution is 2.26. The normalized spacial score (nSPS) is 19.6. The van der Waals surface area contributed by atoms with Gasteiger partial charge < -0.3 is 9.47 Å². The van der Waals surface area contributed by atoms with Gasteiger partial charge in [-0.3, -0.25) is 0 Å². The standard InChI is InChI=1S/C12H16ClNO4S/c1-17-12-5-4-10(7-11(12)13)19(15,16)14-8-9-3-2-6-18-9/h4-5,7,9,14H,2-3,6,8H2,1H3. The maximum Gasteiger partial charge on any atom is 0.240 e. The van der Waals surface area contributed by atoms with E-state index in [1.807, 2.05) is 0 Å². The van der Waals surface area contributed by atoms with E-state index < -0.39 is 10.0 Å². The fourth-order valence-corrected chi connectivity index (χ4v) is 3.32. The summed E-state index contributed by atoms with van der Waals surface area (Å²) in [4.78, 5) is 0.122. The van der Waals surface area contributed by atoms with Gasteiger partial charge in [-0.15, -0.1) is 0 Å². The van der Waals surface area contributed by atoms with Gasteiger partial charge in [0.25, 0.3) is 0 Å². The molecule has 7 heteroatoms. The SMILES string of the molecule is COc1ccc(S(=O)(=O)NCC2CCCO2)cc1Cl. The van der Waals surface area contributed by atoms with Gasteiger partial charge in [0.05, 0.1) is 23.1 Å². The Balaban J connectivity index is 2.08. The molecule has 19 heavy (non-hydrogen) atoms. The van der Waals surface area contributed by atoms with E-state index in [1.54, 1.807) is 0 Å². The van der Waals surface area contributed by atoms with Crippen LogP contribution in [0.25, 0.3) is 0 Å². The lowest BCUT2D eigenvalue weighted by Crippen LogP contribution is -2.31. The van der Waals surface area contributed by atoms with Gasteiger partial charge in [-0.25, -0.2) is 13.1 Å². The minimum Gasteiger partial charge on any atom is -0.495 e. The van der Waals surface area contributed by atoms with E-state index in [4.69, 9.17) is 21.1 Å². The van der Waals surface area contributed by atoms with Crippen LogP contribution in [-0.4, -0.2) is 34.8 Å². The number of hydrogen-bond donors (Lipinski definition) is 1. The van der Waals surface area contributed by atoms with Crippen LogP contribution < -0.4 is 9.46 Å². The molecule has 0 spiro atoms. The van der Waals surface area contributed by atoms with Crippen LogP contribution in [-0.2, 0) is 14.8 Å². The van der Waals surface area contributed by atoms with Crippen LogP contribution in [0.2, 0.25) is 5.02 Å². The van der Waals surface area contributed by atoms with Gasteiger partial charge in [-0.2, -0.15) is 0 Å². The first-order chi connectivity index (χ1) is 9.03. The van der Waals surface area contributed by atoms with Crippen LogP contribution in [0, 0.1) is 0 Å². The van der Waals surface area contributed by atoms with E-state index >= 15 is 0 Å². The molecule has 1 atom stereocenters. The second kappa shape index (κ2) is 6.09. The molecule has 1 aliphatic rings. The summed E-state index contributed by atoms with van der Waals surface area (Å²) < 4.78 is 37.0. The van der Waals surface area contributed by atoms with Gasteiger partial charge in [0.15, 0.2) is 0 Å². The van der Waals surface area contributed by atoms with Gasteiger partial charge in [0.1, 0.15) is 5.75 Å². The summed E-state index contributed by atoms with van der Waals surface area (Å²) >= 11 is 5.92. The van der Waals surface area contributed by atoms with Gasteiger partial charge in [0, 0.05) is 13.2 Å². The van der Waals surface area contributed by atoms with Crippen molar-refractivity contribution in [2.45, 2.75) is 23.8 Å². The number of methoxy groups -OCH3 is 1. The van der Waals surface area contributed by atoms with Gasteiger partial charge in [0.2, 0.25) is 10.0 Å². The zero-order valence-corrected chi connectivity index (χ0v) is 12.1. The molecule has 1 fully saturated rings. The fourth-order valence-electron chi connectivity index (χ4n) is 1.91. The number of rotatable bonds is 5. The lowest BCUT2D eigenvalue weighted by atomic mass is 10.2. The van der Waals surface area contributed by atoms with Gasteiger partial charge >= 0.3 is 0 Å². The second-order valence-electron chi connectivity index (χ2n) is 4.28. The van der Waals surface area contributed by atoms with Gasteiger partial charge in [-0.05, 0) is 31.0 Å². The third-order valence-corrected chi connectivity index (χ3v) is 4.68. The lowest BCUT2D eigenvalue weighted by molar-refractivity contribution is 0.114. The van der Waals surface area contributed by atoms with Crippen molar-refractivity contribution in [3.8, 4) is 5.75 Å². The zero-order valence-electron chi connectivity index (χ0n) is 10.6. The van der Waals surface area contributed by atoms with Crippen molar-refractivity contribution in [2.75, 3.05) is 20.3 Å². The van der Waals surface area contributed by atoms with Crippen molar-refractivity contribution >= 4 is 21.6 Å². The Bertz CT molecular complexity index is 541. The third-order valence-electron chi connectivity index (χ3n) is 2.96. The smallest absolute Gasteiger partial charge is 0.240 e. The number of hydrogen-bond acceptors (Lipinski definition) is 4. The molecule has 0 radical (unpaired) electrons. The molecule has 1 N–H and O–H groups in total. The highest BCUT2D eigenvalue weighted by Gasteiger charge is 2.20. The number of halogens is 1. The molecule has 1 aromatic carbocycles. The molecule has 0 aliphatic carbocycles. The Hall–Kier alpha value is -0.820. The predicted octanol–water partition coefficient (Wildman–Crippen LogP) is 1.81. The summed E-state index contributed by atoms with van der Waals surface area (Å²) in [5, 5.41) is 0.266. The summed E-state index contributed by atoms with van der Waals surface area (Å²) in [5.41, 5.74) is 0. The average molecular weight is 306 g/mol. The molecule has 2 rings (SSSR count). The highest BCUT2D eigenvalue weighted by atomic mass is 35.5. The maximum atomic E-state index is 12.1. The van der Waals surface area contributed by atoms with E-state index in [2.05, 4.69) is 4.72 Å². The zero-order chi connectivity index (χ0) is 13.9. The maximum absolute atomic E-state index is 12.1. The largest absolute Gasteiger partial charge is 0.495 e. The third kappa shape index (κ3) is 3.60. The highest BCUT2D eigenvalue weighted by molar-refractivity contribution is 7.89. The van der Waals surface area contributed by atoms with E-state index in [-0.39, 0.29) is 22.6 Å². The number of nitrogens with one attached hydrogen (secondary N) is 1. The van der Waals surface area contributed by atoms with Crippen LogP contribution in [0.15, 0.2) is 23.1 Å². The number of ether oxygens (including phenoxy) is 2. The quantitative estimate of drug-likeness (QED) is 0.901. The summed E-state index contributed by atoms with van der Waals surface area (Å²) in [6, 6.07) is 4.36. The molecule has 1 aliphatic heterocycles. The average Bonchev–Trinajstić information content (AvgIpc) is 2.89. The first-order valence-electron chi connectivity index (χ1n) is 5.98. The van der Waals surface area contributed by atoms with Crippen LogP contribution in [0.1, 0.15) is 12.8 Å². The molecule has 1 saturated heterocycles. The van der Waals surface area contributed by atoms with Crippen LogP contribution in [0.3, 0.4) is 0 Å². The molecule has 0 saturated carbocycles. The Kier molecular flexibility index (Phi) is 4.67. The molecule has 1 aromatic rings. The first-order valence-corrected chi connectivity index (χ1v) is 7.84. The van der Waals surface area contributed by atoms with Crippen LogP contribution in [0.5, 0.6) is 5.75 Å². The van der Waals surface area contributed by atoms with E-state index in [9.17, 15) is 8.42 Å². The summed E-state index contributed by atoms with van der Waals surface area (Å²) in [6.45, 7) is 0.979. The summed E-state index contributed by atoms with van der Waals surface area (Å²) in [5.74, 6) is 0.444. The number of sulfonamides is 1. The molecule has 0 aromatic heterocycles. The monoisotopic (exact) mass is 305 g/mol. The predicted molar refractivity (Wildman–Crippen MR) is 72.2 cm³/mol. The topological polar surface area (TPSA) is 64.6 Å². The minimum absolute atomic E-state index is 0.0384. The molecular weight excluding hydrogens is 290 g/mol. The van der Waals surface area contributed by atoms with Crippen molar-refractivity contribution < 1.29 is 17.9 Å². The van der Waals surface area contributed by atoms with E-state index in [0.717, 1.165) is 12.8 Å². The fraction of sp³-hybridized carbons (Fsp3) is 0.500. The Morgan fingerprint density at radius 1 is 1.53 bits per heavy atom. The first kappa shape index (κ1) is 14.6. The van der Waals surface area contributed by atoms with Crippen LogP contribution in [0.4, 0.5) is 0 Å². The molecule has 1 heterocycles. The van der Waals surface area contributed by atoms with Crippen molar-refractivity contribution in [3.05, 3.63) is 23.2 Å². The van der Waals surface area contributed by atoms with Crippen molar-refractivity contribution in [2.24, 2.45) is 0 Å². The van der Waals surface area contributed by atoms with Crippen molar-refractivity contribution in [1.82, 2.24) is 4.72 Å². The second-order valence-corrected chi connectivity index (χ2v) is 6.46. The molecule has 0 bridgehead atoms. The Morgan fingerprint density at radius 2 is 2.32 bits per heavy atom. The van der Waals surface area contributed by atoms with Crippen molar-refractivity contribution in [1.29, 1.82) is 0 Å². The van der Waals surface area contributed by atoms with E-state index in [1.165, 1.54) is 25.3 Å². The molecule has 1 unspecified atom stereocenters. The molecule has 106 valence electrons. The summed E-state index contributed by atoms with van der Waals surface area (Å²) in [7, 11) is -2.09. The van der Waals surface area contributed by atoms with E-state index in [0.29, 0.717) is 12.4 Å². The minimum atomic E-state index is -3.57. The summed E-state index contributed by atoms with van der Waals surface area (Å²) in [6.07, 6.45) is 1.82. The molecular formula is C12H16ClNO4S. The Morgan fingerprint density at radius 3 is 2.89 bits per heavy atom. The number of benzene rings is 1. The molecule has 0 amide bonds. The van der Waals surface area contributed by atoms with Gasteiger partial charge in [-0.1, -0.05) is 11.6 Å². The Labute approximate surface area is 117 Å². The van der Waals surface area contributed by atoms with Crippen LogP contribution >= 0.6 is 11.6 Å². The molecule has 5 nitrogen and oxygen atoms in total. The lowest BCUT2D eigenvalue weighted by Gasteiger charge is -2.12. The van der Waals surface area contributed by atoms with Crippen molar-refractivity contribution in [3.63, 3.8) is 0 Å².